The lowest BCUT2D eigenvalue weighted by molar-refractivity contribution is -0.118. The lowest BCUT2D eigenvalue weighted by Crippen LogP contribution is -2.20. The van der Waals surface area contributed by atoms with Crippen molar-refractivity contribution in [1.29, 1.82) is 0 Å². The van der Waals surface area contributed by atoms with Crippen molar-refractivity contribution < 1.29 is 4.79 Å². The molecular formula is C34H33N5OS. The van der Waals surface area contributed by atoms with Crippen LogP contribution in [0.1, 0.15) is 37.5 Å². The van der Waals surface area contributed by atoms with E-state index in [1.165, 1.54) is 22.9 Å². The SMILES string of the molecule is Cc1ccc(-n2c(SCC(=O)N/N=C\c3ccc(-c4ccccc4)cc3)nnc2-c2ccc(C(C)(C)C)cc2)cc1. The number of aryl methyl sites for hydroxylation is 1. The van der Waals surface area contributed by atoms with E-state index in [1.807, 2.05) is 59.2 Å². The molecule has 0 atom stereocenters. The molecule has 0 radical (unpaired) electrons. The summed E-state index contributed by atoms with van der Waals surface area (Å²) in [4.78, 5) is 12.6. The molecule has 1 aromatic heterocycles. The maximum absolute atomic E-state index is 12.6. The average molecular weight is 560 g/mol. The number of amides is 1. The third-order valence-corrected chi connectivity index (χ3v) is 7.62. The van der Waals surface area contributed by atoms with Gasteiger partial charge in [-0.05, 0) is 46.7 Å². The number of carbonyl (C=O) groups is 1. The van der Waals surface area contributed by atoms with Crippen LogP contribution in [0.3, 0.4) is 0 Å². The van der Waals surface area contributed by atoms with Crippen molar-refractivity contribution in [3.8, 4) is 28.2 Å². The number of benzene rings is 4. The number of hydrazone groups is 1. The lowest BCUT2D eigenvalue weighted by atomic mass is 9.87. The molecule has 1 N–H and O–H groups in total. The minimum absolute atomic E-state index is 0.0611. The Bertz CT molecular complexity index is 1630. The smallest absolute Gasteiger partial charge is 0.250 e. The van der Waals surface area contributed by atoms with E-state index in [4.69, 9.17) is 0 Å². The van der Waals surface area contributed by atoms with Crippen LogP contribution < -0.4 is 5.43 Å². The molecule has 4 aromatic carbocycles. The molecule has 6 nitrogen and oxygen atoms in total. The molecule has 206 valence electrons. The van der Waals surface area contributed by atoms with Gasteiger partial charge in [-0.15, -0.1) is 10.2 Å². The molecule has 0 fully saturated rings. The highest BCUT2D eigenvalue weighted by molar-refractivity contribution is 7.99. The molecule has 41 heavy (non-hydrogen) atoms. The van der Waals surface area contributed by atoms with Crippen molar-refractivity contribution >= 4 is 23.9 Å². The van der Waals surface area contributed by atoms with Crippen LogP contribution >= 0.6 is 11.8 Å². The lowest BCUT2D eigenvalue weighted by Gasteiger charge is -2.19. The van der Waals surface area contributed by atoms with Crippen molar-refractivity contribution in [3.63, 3.8) is 0 Å². The number of rotatable bonds is 8. The molecule has 0 aliphatic heterocycles. The summed E-state index contributed by atoms with van der Waals surface area (Å²) in [7, 11) is 0. The zero-order valence-corrected chi connectivity index (χ0v) is 24.5. The van der Waals surface area contributed by atoms with Gasteiger partial charge in [0.15, 0.2) is 11.0 Å². The van der Waals surface area contributed by atoms with Crippen molar-refractivity contribution in [3.05, 3.63) is 120 Å². The quantitative estimate of drug-likeness (QED) is 0.122. The topological polar surface area (TPSA) is 72.2 Å². The fourth-order valence-corrected chi connectivity index (χ4v) is 5.07. The van der Waals surface area contributed by atoms with Gasteiger partial charge in [-0.1, -0.05) is 129 Å². The molecule has 5 rings (SSSR count). The first-order chi connectivity index (χ1) is 19.8. The zero-order chi connectivity index (χ0) is 28.8. The van der Waals surface area contributed by atoms with E-state index in [2.05, 4.69) is 97.0 Å². The van der Waals surface area contributed by atoms with Crippen LogP contribution in [0, 0.1) is 6.92 Å². The molecule has 0 aliphatic carbocycles. The van der Waals surface area contributed by atoms with Gasteiger partial charge in [-0.2, -0.15) is 5.10 Å². The summed E-state index contributed by atoms with van der Waals surface area (Å²) in [5, 5.41) is 13.8. The summed E-state index contributed by atoms with van der Waals surface area (Å²) >= 11 is 1.33. The van der Waals surface area contributed by atoms with Crippen LogP contribution in [0.15, 0.2) is 113 Å². The van der Waals surface area contributed by atoms with Crippen LogP contribution in [-0.2, 0) is 10.2 Å². The molecule has 0 bridgehead atoms. The maximum atomic E-state index is 12.6. The first-order valence-corrected chi connectivity index (χ1v) is 14.5. The first kappa shape index (κ1) is 28.1. The van der Waals surface area contributed by atoms with Gasteiger partial charge < -0.3 is 0 Å². The van der Waals surface area contributed by atoms with Gasteiger partial charge in [0, 0.05) is 11.3 Å². The Balaban J connectivity index is 1.27. The molecule has 0 saturated carbocycles. The number of aromatic nitrogens is 3. The molecule has 0 aliphatic rings. The van der Waals surface area contributed by atoms with Crippen LogP contribution in [-0.4, -0.2) is 32.6 Å². The third-order valence-electron chi connectivity index (χ3n) is 6.69. The summed E-state index contributed by atoms with van der Waals surface area (Å²) in [6, 6.07) is 34.9. The van der Waals surface area contributed by atoms with Gasteiger partial charge in [0.1, 0.15) is 0 Å². The predicted molar refractivity (Wildman–Crippen MR) is 169 cm³/mol. The third kappa shape index (κ3) is 6.99. The summed E-state index contributed by atoms with van der Waals surface area (Å²) in [5.41, 5.74) is 10.2. The Labute approximate surface area is 245 Å². The van der Waals surface area contributed by atoms with Crippen LogP contribution in [0.5, 0.6) is 0 Å². The normalized spacial score (nSPS) is 11.6. The van der Waals surface area contributed by atoms with Gasteiger partial charge in [-0.25, -0.2) is 5.43 Å². The van der Waals surface area contributed by atoms with E-state index in [0.717, 1.165) is 33.8 Å². The van der Waals surface area contributed by atoms with E-state index < -0.39 is 0 Å². The van der Waals surface area contributed by atoms with Crippen molar-refractivity contribution in [2.24, 2.45) is 5.10 Å². The van der Waals surface area contributed by atoms with Crippen molar-refractivity contribution in [2.75, 3.05) is 5.75 Å². The number of hydrogen-bond donors (Lipinski definition) is 1. The van der Waals surface area contributed by atoms with Crippen LogP contribution in [0.25, 0.3) is 28.2 Å². The summed E-state index contributed by atoms with van der Waals surface area (Å²) in [5.74, 6) is 0.660. The van der Waals surface area contributed by atoms with Gasteiger partial charge in [0.2, 0.25) is 0 Å². The number of nitrogens with zero attached hydrogens (tertiary/aromatic N) is 4. The molecule has 0 unspecified atom stereocenters. The minimum Gasteiger partial charge on any atom is -0.272 e. The molecule has 0 spiro atoms. The standard InChI is InChI=1S/C34H33N5OS/c1-24-10-20-30(21-11-24)39-32(28-16-18-29(19-17-28)34(2,3)4)37-38-33(39)41-23-31(40)36-35-22-25-12-14-27(15-13-25)26-8-6-5-7-9-26/h5-22H,23H2,1-4H3,(H,36,40)/b35-22-. The van der Waals surface area contributed by atoms with E-state index in [-0.39, 0.29) is 17.1 Å². The van der Waals surface area contributed by atoms with Gasteiger partial charge >= 0.3 is 0 Å². The highest BCUT2D eigenvalue weighted by Gasteiger charge is 2.19. The maximum Gasteiger partial charge on any atom is 0.250 e. The van der Waals surface area contributed by atoms with Gasteiger partial charge in [0.05, 0.1) is 12.0 Å². The second-order valence-electron chi connectivity index (χ2n) is 10.9. The van der Waals surface area contributed by atoms with Gasteiger partial charge in [-0.3, -0.25) is 9.36 Å². The Kier molecular flexibility index (Phi) is 8.45. The number of hydrogen-bond acceptors (Lipinski definition) is 5. The number of nitrogens with one attached hydrogen (secondary N) is 1. The zero-order valence-electron chi connectivity index (χ0n) is 23.7. The minimum atomic E-state index is -0.221. The monoisotopic (exact) mass is 559 g/mol. The number of thioether (sulfide) groups is 1. The summed E-state index contributed by atoms with van der Waals surface area (Å²) in [6.45, 7) is 8.65. The van der Waals surface area contributed by atoms with Gasteiger partial charge in [0.25, 0.3) is 5.91 Å². The Morgan fingerprint density at radius 2 is 1.46 bits per heavy atom. The van der Waals surface area contributed by atoms with E-state index in [1.54, 1.807) is 6.21 Å². The van der Waals surface area contributed by atoms with E-state index >= 15 is 0 Å². The largest absolute Gasteiger partial charge is 0.272 e. The molecule has 7 heteroatoms. The highest BCUT2D eigenvalue weighted by atomic mass is 32.2. The molecule has 0 saturated heterocycles. The second-order valence-corrected chi connectivity index (χ2v) is 11.8. The highest BCUT2D eigenvalue weighted by Crippen LogP contribution is 2.30. The van der Waals surface area contributed by atoms with E-state index in [9.17, 15) is 4.79 Å². The fourth-order valence-electron chi connectivity index (χ4n) is 4.33. The Hall–Kier alpha value is -4.49. The fraction of sp³-hybridized carbons (Fsp3) is 0.176. The molecule has 1 heterocycles. The average Bonchev–Trinajstić information content (AvgIpc) is 3.41. The van der Waals surface area contributed by atoms with E-state index in [0.29, 0.717) is 5.16 Å². The summed E-state index contributed by atoms with van der Waals surface area (Å²) in [6.07, 6.45) is 1.64. The Morgan fingerprint density at radius 1 is 0.829 bits per heavy atom. The van der Waals surface area contributed by atoms with Crippen LogP contribution in [0.4, 0.5) is 0 Å². The molecule has 5 aromatic rings. The Morgan fingerprint density at radius 3 is 2.12 bits per heavy atom. The van der Waals surface area contributed by atoms with Crippen LogP contribution in [0.2, 0.25) is 0 Å². The van der Waals surface area contributed by atoms with Crippen molar-refractivity contribution in [1.82, 2.24) is 20.2 Å². The molecular weight excluding hydrogens is 526 g/mol. The number of carbonyl (C=O) groups excluding carboxylic acids is 1. The molecule has 1 amide bonds. The predicted octanol–water partition coefficient (Wildman–Crippen LogP) is 7.45. The first-order valence-electron chi connectivity index (χ1n) is 13.5. The second kappa shape index (κ2) is 12.4. The summed E-state index contributed by atoms with van der Waals surface area (Å²) < 4.78 is 2.00. The van der Waals surface area contributed by atoms with Crippen molar-refractivity contribution in [2.45, 2.75) is 38.3 Å².